The van der Waals surface area contributed by atoms with Crippen molar-refractivity contribution in [2.24, 2.45) is 5.92 Å². The molecule has 2 heterocycles. The lowest BCUT2D eigenvalue weighted by Crippen LogP contribution is -2.41. The van der Waals surface area contributed by atoms with Gasteiger partial charge in [0.2, 0.25) is 5.91 Å². The zero-order chi connectivity index (χ0) is 14.7. The Bertz CT molecular complexity index is 562. The van der Waals surface area contributed by atoms with Crippen LogP contribution in [0.2, 0.25) is 0 Å². The first kappa shape index (κ1) is 13.9. The van der Waals surface area contributed by atoms with Gasteiger partial charge in [0.05, 0.1) is 0 Å². The largest absolute Gasteiger partial charge is 0.370 e. The highest BCUT2D eigenvalue weighted by molar-refractivity contribution is 5.79. The van der Waals surface area contributed by atoms with Crippen LogP contribution >= 0.6 is 0 Å². The first-order valence-corrected chi connectivity index (χ1v) is 7.68. The fourth-order valence-corrected chi connectivity index (χ4v) is 2.99. The van der Waals surface area contributed by atoms with Crippen molar-refractivity contribution in [1.29, 1.82) is 5.26 Å². The molecule has 2 aliphatic rings. The van der Waals surface area contributed by atoms with Crippen molar-refractivity contribution in [3.8, 4) is 6.07 Å². The van der Waals surface area contributed by atoms with Crippen LogP contribution in [0.4, 0.5) is 5.69 Å². The average molecular weight is 284 g/mol. The van der Waals surface area contributed by atoms with Gasteiger partial charge in [-0.2, -0.15) is 5.26 Å². The van der Waals surface area contributed by atoms with Gasteiger partial charge in [0, 0.05) is 44.0 Å². The minimum atomic E-state index is 0.280. The Morgan fingerprint density at radius 3 is 2.81 bits per heavy atom. The van der Waals surface area contributed by atoms with E-state index in [1.807, 2.05) is 17.0 Å². The first-order chi connectivity index (χ1) is 10.3. The Labute approximate surface area is 125 Å². The van der Waals surface area contributed by atoms with Gasteiger partial charge >= 0.3 is 0 Å². The highest BCUT2D eigenvalue weighted by Gasteiger charge is 2.30. The van der Waals surface area contributed by atoms with Gasteiger partial charge in [0.15, 0.2) is 0 Å². The molecule has 0 spiro atoms. The molecule has 1 saturated carbocycles. The molecule has 1 saturated heterocycles. The number of carbonyl (C=O) groups excluding carboxylic acids is 1. The molecule has 0 unspecified atom stereocenters. The second-order valence-corrected chi connectivity index (χ2v) is 5.80. The number of pyridine rings is 1. The monoisotopic (exact) mass is 284 g/mol. The van der Waals surface area contributed by atoms with Crippen LogP contribution in [0.1, 0.15) is 31.4 Å². The summed E-state index contributed by atoms with van der Waals surface area (Å²) in [5.74, 6) is 0.623. The maximum absolute atomic E-state index is 12.3. The Balaban J connectivity index is 1.65. The standard InChI is InChI=1S/C16H20N4O/c17-12-14-11-15(5-6-18-14)19-7-2-8-20(10-9-19)16(21)13-3-1-4-13/h5-6,11,13H,1-4,7-10H2. The summed E-state index contributed by atoms with van der Waals surface area (Å²) in [5.41, 5.74) is 1.47. The van der Waals surface area contributed by atoms with Crippen LogP contribution in [-0.4, -0.2) is 42.0 Å². The molecule has 5 heteroatoms. The van der Waals surface area contributed by atoms with Crippen LogP contribution in [0.3, 0.4) is 0 Å². The summed E-state index contributed by atoms with van der Waals surface area (Å²) in [6, 6.07) is 5.83. The number of anilines is 1. The first-order valence-electron chi connectivity index (χ1n) is 7.68. The maximum atomic E-state index is 12.3. The van der Waals surface area contributed by atoms with Crippen LogP contribution in [0.5, 0.6) is 0 Å². The Morgan fingerprint density at radius 2 is 2.10 bits per heavy atom. The molecule has 0 bridgehead atoms. The third kappa shape index (κ3) is 2.99. The van der Waals surface area contributed by atoms with Gasteiger partial charge in [-0.15, -0.1) is 0 Å². The SMILES string of the molecule is N#Cc1cc(N2CCCN(C(=O)C3CCC3)CC2)ccn1. The molecule has 1 aromatic heterocycles. The molecule has 110 valence electrons. The third-order valence-corrected chi connectivity index (χ3v) is 4.49. The smallest absolute Gasteiger partial charge is 0.225 e. The van der Waals surface area contributed by atoms with Crippen LogP contribution in [-0.2, 0) is 4.79 Å². The van der Waals surface area contributed by atoms with Gasteiger partial charge in [-0.05, 0) is 31.4 Å². The van der Waals surface area contributed by atoms with Crippen LogP contribution < -0.4 is 4.90 Å². The normalized spacial score (nSPS) is 19.6. The van der Waals surface area contributed by atoms with Crippen LogP contribution in [0.15, 0.2) is 18.3 Å². The van der Waals surface area contributed by atoms with E-state index in [9.17, 15) is 4.79 Å². The number of hydrogen-bond acceptors (Lipinski definition) is 4. The lowest BCUT2D eigenvalue weighted by atomic mass is 9.84. The Kier molecular flexibility index (Phi) is 4.05. The molecule has 3 rings (SSSR count). The van der Waals surface area contributed by atoms with Gasteiger partial charge in [-0.1, -0.05) is 6.42 Å². The summed E-state index contributed by atoms with van der Waals surface area (Å²) in [6.45, 7) is 3.37. The van der Waals surface area contributed by atoms with E-state index in [4.69, 9.17) is 5.26 Å². The highest BCUT2D eigenvalue weighted by Crippen LogP contribution is 2.28. The quantitative estimate of drug-likeness (QED) is 0.830. The van der Waals surface area contributed by atoms with E-state index in [0.29, 0.717) is 11.6 Å². The number of nitrogens with zero attached hydrogens (tertiary/aromatic N) is 4. The van der Waals surface area contributed by atoms with E-state index in [0.717, 1.165) is 51.1 Å². The van der Waals surface area contributed by atoms with Crippen molar-refractivity contribution >= 4 is 11.6 Å². The molecular weight excluding hydrogens is 264 g/mol. The minimum Gasteiger partial charge on any atom is -0.370 e. The molecule has 0 N–H and O–H groups in total. The molecule has 2 fully saturated rings. The van der Waals surface area contributed by atoms with E-state index in [2.05, 4.69) is 16.0 Å². The summed E-state index contributed by atoms with van der Waals surface area (Å²) in [6.07, 6.45) is 5.98. The predicted octanol–water partition coefficient (Wildman–Crippen LogP) is 1.79. The summed E-state index contributed by atoms with van der Waals surface area (Å²) < 4.78 is 0. The molecule has 0 aromatic carbocycles. The molecule has 21 heavy (non-hydrogen) atoms. The summed E-state index contributed by atoms with van der Waals surface area (Å²) in [5, 5.41) is 8.94. The highest BCUT2D eigenvalue weighted by atomic mass is 16.2. The number of hydrogen-bond donors (Lipinski definition) is 0. The molecule has 5 nitrogen and oxygen atoms in total. The number of aromatic nitrogens is 1. The molecule has 1 aromatic rings. The number of amides is 1. The van der Waals surface area contributed by atoms with Gasteiger partial charge < -0.3 is 9.80 Å². The lowest BCUT2D eigenvalue weighted by molar-refractivity contribution is -0.137. The van der Waals surface area contributed by atoms with Gasteiger partial charge in [0.1, 0.15) is 11.8 Å². The van der Waals surface area contributed by atoms with E-state index in [-0.39, 0.29) is 5.92 Å². The zero-order valence-electron chi connectivity index (χ0n) is 12.2. The molecule has 1 aliphatic carbocycles. The van der Waals surface area contributed by atoms with Crippen molar-refractivity contribution in [1.82, 2.24) is 9.88 Å². The van der Waals surface area contributed by atoms with E-state index in [1.54, 1.807) is 6.20 Å². The van der Waals surface area contributed by atoms with Gasteiger partial charge in [0.25, 0.3) is 0 Å². The Morgan fingerprint density at radius 1 is 1.24 bits per heavy atom. The van der Waals surface area contributed by atoms with Crippen molar-refractivity contribution in [2.75, 3.05) is 31.1 Å². The fourth-order valence-electron chi connectivity index (χ4n) is 2.99. The minimum absolute atomic E-state index is 0.280. The van der Waals surface area contributed by atoms with Crippen LogP contribution in [0.25, 0.3) is 0 Å². The van der Waals surface area contributed by atoms with Crippen LogP contribution in [0, 0.1) is 17.2 Å². The van der Waals surface area contributed by atoms with Crippen molar-refractivity contribution < 1.29 is 4.79 Å². The van der Waals surface area contributed by atoms with E-state index < -0.39 is 0 Å². The van der Waals surface area contributed by atoms with Crippen molar-refractivity contribution in [3.63, 3.8) is 0 Å². The van der Waals surface area contributed by atoms with E-state index >= 15 is 0 Å². The summed E-state index contributed by atoms with van der Waals surface area (Å²) in [4.78, 5) is 20.6. The summed E-state index contributed by atoms with van der Waals surface area (Å²) in [7, 11) is 0. The van der Waals surface area contributed by atoms with Gasteiger partial charge in [-0.3, -0.25) is 4.79 Å². The number of carbonyl (C=O) groups is 1. The predicted molar refractivity (Wildman–Crippen MR) is 79.7 cm³/mol. The summed E-state index contributed by atoms with van der Waals surface area (Å²) >= 11 is 0. The van der Waals surface area contributed by atoms with E-state index in [1.165, 1.54) is 6.42 Å². The lowest BCUT2D eigenvalue weighted by Gasteiger charge is -2.31. The zero-order valence-corrected chi connectivity index (χ0v) is 12.2. The molecule has 1 amide bonds. The topological polar surface area (TPSA) is 60.2 Å². The third-order valence-electron chi connectivity index (χ3n) is 4.49. The number of rotatable bonds is 2. The molecular formula is C16H20N4O. The molecule has 1 aliphatic heterocycles. The number of nitriles is 1. The average Bonchev–Trinajstić information content (AvgIpc) is 2.71. The second kappa shape index (κ2) is 6.13. The van der Waals surface area contributed by atoms with Crippen molar-refractivity contribution in [3.05, 3.63) is 24.0 Å². The molecule has 0 radical (unpaired) electrons. The molecule has 0 atom stereocenters. The van der Waals surface area contributed by atoms with Crippen molar-refractivity contribution in [2.45, 2.75) is 25.7 Å². The van der Waals surface area contributed by atoms with Gasteiger partial charge in [-0.25, -0.2) is 4.98 Å². The maximum Gasteiger partial charge on any atom is 0.225 e. The fraction of sp³-hybridized carbons (Fsp3) is 0.562. The second-order valence-electron chi connectivity index (χ2n) is 5.80. The Hall–Kier alpha value is -2.09.